The normalized spacial score (nSPS) is 16.9. The number of hydrogen-bond acceptors (Lipinski definition) is 8. The summed E-state index contributed by atoms with van der Waals surface area (Å²) in [5, 5.41) is 12.6. The molecule has 0 unspecified atom stereocenters. The zero-order chi connectivity index (χ0) is 28.7. The number of nitrogens with zero attached hydrogens (tertiary/aromatic N) is 1. The molecule has 3 aromatic rings. The molecule has 40 heavy (non-hydrogen) atoms. The molecule has 0 spiro atoms. The van der Waals surface area contributed by atoms with Gasteiger partial charge < -0.3 is 29.4 Å². The molecule has 1 aliphatic heterocycles. The van der Waals surface area contributed by atoms with Crippen molar-refractivity contribution in [2.75, 3.05) is 25.1 Å². The van der Waals surface area contributed by atoms with Crippen LogP contribution in [-0.2, 0) is 25.5 Å². The van der Waals surface area contributed by atoms with Gasteiger partial charge in [-0.1, -0.05) is 52.6 Å². The standard InChI is InChI=1S/C27H29Cl2FN4O6/c1-27(2)38-15-20(39-27)10-19(32-24(35)13-31-12-17-6-4-8-21(30)25(17)29)14-37-26(36)33-23-11-22(40-34-23)16-5-3-7-18(28)9-16/h3-9,11,19-20,31H,10,12-15H2,1-2H3,(H,32,35)(H,33,34,36)/t19-,20+/m0/s1. The highest BCUT2D eigenvalue weighted by molar-refractivity contribution is 6.31. The second kappa shape index (κ2) is 13.4. The highest BCUT2D eigenvalue weighted by Crippen LogP contribution is 2.26. The van der Waals surface area contributed by atoms with Gasteiger partial charge in [0.2, 0.25) is 5.91 Å². The highest BCUT2D eigenvalue weighted by Gasteiger charge is 2.34. The minimum absolute atomic E-state index is 0.000457. The van der Waals surface area contributed by atoms with Crippen LogP contribution in [0.5, 0.6) is 0 Å². The summed E-state index contributed by atoms with van der Waals surface area (Å²) in [7, 11) is 0. The fourth-order valence-electron chi connectivity index (χ4n) is 4.07. The Morgan fingerprint density at radius 2 is 2.00 bits per heavy atom. The lowest BCUT2D eigenvalue weighted by Crippen LogP contribution is -2.45. The van der Waals surface area contributed by atoms with Crippen molar-refractivity contribution < 1.29 is 32.7 Å². The van der Waals surface area contributed by atoms with Crippen LogP contribution in [-0.4, -0.2) is 54.8 Å². The smallest absolute Gasteiger partial charge is 0.412 e. The summed E-state index contributed by atoms with van der Waals surface area (Å²) in [6.45, 7) is 3.88. The Kier molecular flexibility index (Phi) is 9.99. The number of hydrogen-bond donors (Lipinski definition) is 3. The largest absolute Gasteiger partial charge is 0.447 e. The van der Waals surface area contributed by atoms with Gasteiger partial charge in [0, 0.05) is 23.2 Å². The van der Waals surface area contributed by atoms with Crippen LogP contribution in [0.4, 0.5) is 15.0 Å². The predicted molar refractivity (Wildman–Crippen MR) is 146 cm³/mol. The molecule has 2 amide bonds. The summed E-state index contributed by atoms with van der Waals surface area (Å²) < 4.78 is 35.7. The molecule has 2 heterocycles. The molecule has 10 nitrogen and oxygen atoms in total. The third-order valence-electron chi connectivity index (χ3n) is 5.88. The average molecular weight is 595 g/mol. The van der Waals surface area contributed by atoms with Crippen molar-refractivity contribution >= 4 is 41.0 Å². The first-order chi connectivity index (χ1) is 19.1. The van der Waals surface area contributed by atoms with E-state index in [9.17, 15) is 14.0 Å². The molecule has 2 atom stereocenters. The van der Waals surface area contributed by atoms with Gasteiger partial charge >= 0.3 is 6.09 Å². The maximum atomic E-state index is 13.6. The molecule has 1 saturated heterocycles. The lowest BCUT2D eigenvalue weighted by atomic mass is 10.1. The van der Waals surface area contributed by atoms with Crippen molar-refractivity contribution in [3.63, 3.8) is 0 Å². The minimum Gasteiger partial charge on any atom is -0.447 e. The maximum absolute atomic E-state index is 13.6. The van der Waals surface area contributed by atoms with Gasteiger partial charge in [0.15, 0.2) is 17.4 Å². The number of anilines is 1. The van der Waals surface area contributed by atoms with Crippen LogP contribution in [0.25, 0.3) is 11.3 Å². The Balaban J connectivity index is 1.30. The Morgan fingerprint density at radius 1 is 1.20 bits per heavy atom. The number of amides is 2. The van der Waals surface area contributed by atoms with E-state index in [-0.39, 0.29) is 42.5 Å². The van der Waals surface area contributed by atoms with E-state index in [0.717, 1.165) is 0 Å². The number of benzene rings is 2. The maximum Gasteiger partial charge on any atom is 0.412 e. The first-order valence-electron chi connectivity index (χ1n) is 12.5. The summed E-state index contributed by atoms with van der Waals surface area (Å²) in [6.07, 6.45) is -0.768. The van der Waals surface area contributed by atoms with Gasteiger partial charge in [-0.25, -0.2) is 9.18 Å². The third kappa shape index (κ3) is 8.64. The zero-order valence-electron chi connectivity index (χ0n) is 21.8. The molecule has 3 N–H and O–H groups in total. The fourth-order valence-corrected chi connectivity index (χ4v) is 4.45. The van der Waals surface area contributed by atoms with Crippen molar-refractivity contribution in [3.8, 4) is 11.3 Å². The van der Waals surface area contributed by atoms with Crippen LogP contribution < -0.4 is 16.0 Å². The van der Waals surface area contributed by atoms with Crippen LogP contribution >= 0.6 is 23.2 Å². The molecule has 1 aromatic heterocycles. The van der Waals surface area contributed by atoms with Crippen molar-refractivity contribution in [3.05, 3.63) is 70.0 Å². The van der Waals surface area contributed by atoms with E-state index < -0.39 is 23.7 Å². The number of halogens is 3. The SMILES string of the molecule is CC1(C)OC[C@@H](C[C@@H](COC(=O)Nc2cc(-c3cccc(Cl)c3)on2)NC(=O)CNCc2cccc(F)c2Cl)O1. The van der Waals surface area contributed by atoms with Crippen molar-refractivity contribution in [1.82, 2.24) is 15.8 Å². The Hall–Kier alpha value is -3.22. The van der Waals surface area contributed by atoms with Gasteiger partial charge in [0.1, 0.15) is 12.4 Å². The van der Waals surface area contributed by atoms with Crippen LogP contribution in [0.3, 0.4) is 0 Å². The quantitative estimate of drug-likeness (QED) is 0.278. The van der Waals surface area contributed by atoms with Crippen LogP contribution in [0.1, 0.15) is 25.8 Å². The van der Waals surface area contributed by atoms with E-state index >= 15 is 0 Å². The molecular formula is C27H29Cl2FN4O6. The number of rotatable bonds is 11. The first kappa shape index (κ1) is 29.8. The highest BCUT2D eigenvalue weighted by atomic mass is 35.5. The third-order valence-corrected chi connectivity index (χ3v) is 6.54. The first-order valence-corrected chi connectivity index (χ1v) is 13.2. The van der Waals surface area contributed by atoms with Crippen LogP contribution in [0.2, 0.25) is 10.0 Å². The molecule has 214 valence electrons. The number of nitrogens with one attached hydrogen (secondary N) is 3. The number of ether oxygens (including phenoxy) is 3. The number of carbonyl (C=O) groups excluding carboxylic acids is 2. The summed E-state index contributed by atoms with van der Waals surface area (Å²) in [6, 6.07) is 12.4. The molecule has 2 aromatic carbocycles. The summed E-state index contributed by atoms with van der Waals surface area (Å²) in [5.41, 5.74) is 1.22. The van der Waals surface area contributed by atoms with Crippen molar-refractivity contribution in [2.45, 2.75) is 44.7 Å². The molecule has 1 fully saturated rings. The van der Waals surface area contributed by atoms with E-state index in [1.54, 1.807) is 50.2 Å². The lowest BCUT2D eigenvalue weighted by molar-refractivity contribution is -0.140. The fraction of sp³-hybridized carbons (Fsp3) is 0.370. The van der Waals surface area contributed by atoms with Gasteiger partial charge in [0.25, 0.3) is 0 Å². The molecule has 13 heteroatoms. The number of aromatic nitrogens is 1. The van der Waals surface area contributed by atoms with Gasteiger partial charge in [-0.05, 0) is 44.0 Å². The van der Waals surface area contributed by atoms with Crippen molar-refractivity contribution in [1.29, 1.82) is 0 Å². The Morgan fingerprint density at radius 3 is 2.75 bits per heavy atom. The Labute approximate surface area is 240 Å². The van der Waals surface area contributed by atoms with Gasteiger partial charge in [-0.3, -0.25) is 10.1 Å². The summed E-state index contributed by atoms with van der Waals surface area (Å²) >= 11 is 12.0. The topological polar surface area (TPSA) is 124 Å². The van der Waals surface area contributed by atoms with Crippen LogP contribution in [0.15, 0.2) is 53.1 Å². The van der Waals surface area contributed by atoms with E-state index in [4.69, 9.17) is 41.9 Å². The van der Waals surface area contributed by atoms with E-state index in [2.05, 4.69) is 21.1 Å². The molecule has 0 radical (unpaired) electrons. The molecule has 4 rings (SSSR count). The molecule has 0 bridgehead atoms. The predicted octanol–water partition coefficient (Wildman–Crippen LogP) is 5.15. The average Bonchev–Trinajstić information content (AvgIpc) is 3.50. The molecule has 0 aliphatic carbocycles. The second-order valence-corrected chi connectivity index (χ2v) is 10.4. The van der Waals surface area contributed by atoms with E-state index in [1.807, 2.05) is 0 Å². The summed E-state index contributed by atoms with van der Waals surface area (Å²) in [4.78, 5) is 25.1. The van der Waals surface area contributed by atoms with E-state index in [1.165, 1.54) is 12.1 Å². The van der Waals surface area contributed by atoms with Gasteiger partial charge in [-0.15, -0.1) is 0 Å². The molecule has 0 saturated carbocycles. The monoisotopic (exact) mass is 594 g/mol. The minimum atomic E-state index is -0.784. The Bertz CT molecular complexity index is 1340. The zero-order valence-corrected chi connectivity index (χ0v) is 23.4. The van der Waals surface area contributed by atoms with Crippen molar-refractivity contribution in [2.24, 2.45) is 0 Å². The molecular weight excluding hydrogens is 566 g/mol. The molecule has 1 aliphatic rings. The second-order valence-electron chi connectivity index (χ2n) is 9.58. The van der Waals surface area contributed by atoms with E-state index in [0.29, 0.717) is 34.9 Å². The van der Waals surface area contributed by atoms with Gasteiger partial charge in [-0.2, -0.15) is 0 Å². The van der Waals surface area contributed by atoms with Crippen LogP contribution in [0, 0.1) is 5.82 Å². The summed E-state index contributed by atoms with van der Waals surface area (Å²) in [5.74, 6) is -1.08. The number of carbonyl (C=O) groups is 2. The van der Waals surface area contributed by atoms with Gasteiger partial charge in [0.05, 0.1) is 30.3 Å². The lowest BCUT2D eigenvalue weighted by Gasteiger charge is -2.23.